The van der Waals surface area contributed by atoms with E-state index in [2.05, 4.69) is 52.3 Å². The van der Waals surface area contributed by atoms with Crippen LogP contribution in [0.5, 0.6) is 0 Å². The zero-order valence-electron chi connectivity index (χ0n) is 24.1. The second-order valence-corrected chi connectivity index (χ2v) is 16.2. The van der Waals surface area contributed by atoms with Gasteiger partial charge in [0.05, 0.1) is 18.1 Å². The van der Waals surface area contributed by atoms with Crippen LogP contribution in [0.15, 0.2) is 36.6 Å². The third-order valence-corrected chi connectivity index (χ3v) is 12.3. The summed E-state index contributed by atoms with van der Waals surface area (Å²) in [5.41, 5.74) is 0.357. The van der Waals surface area contributed by atoms with E-state index in [1.165, 1.54) is 29.0 Å². The van der Waals surface area contributed by atoms with Crippen LogP contribution in [0.3, 0.4) is 0 Å². The monoisotopic (exact) mass is 565 g/mol. The normalized spacial score (nSPS) is 20.4. The van der Waals surface area contributed by atoms with Gasteiger partial charge >= 0.3 is 18.2 Å². The lowest BCUT2D eigenvalue weighted by Crippen LogP contribution is -2.63. The molecule has 2 heterocycles. The maximum Gasteiger partial charge on any atom is 0.409 e. The van der Waals surface area contributed by atoms with Crippen LogP contribution in [0, 0.1) is 11.8 Å². The van der Waals surface area contributed by atoms with E-state index in [0.29, 0.717) is 5.57 Å². The van der Waals surface area contributed by atoms with E-state index >= 15 is 0 Å². The number of alkyl carbamates (subject to hydrolysis) is 1. The lowest BCUT2D eigenvalue weighted by Gasteiger charge is -2.48. The smallest absolute Gasteiger partial charge is 0.409 e. The van der Waals surface area contributed by atoms with E-state index in [9.17, 15) is 24.3 Å². The SMILES string of the molecule is C=CCOC(=O)NC[C@@H](CN(C)C(=O)OCC=C)C1=C(C(=O)O)N2C(=O)[C@H]([C@@H](C)O[Si](C)(C)C(C)(C)C)[C@H]2C1. The van der Waals surface area contributed by atoms with E-state index in [-0.39, 0.29) is 55.4 Å². The fourth-order valence-corrected chi connectivity index (χ4v) is 6.13. The predicted octanol–water partition coefficient (Wildman–Crippen LogP) is 3.75. The van der Waals surface area contributed by atoms with Crippen molar-refractivity contribution in [1.82, 2.24) is 15.1 Å². The third kappa shape index (κ3) is 7.30. The first-order valence-corrected chi connectivity index (χ1v) is 16.0. The minimum absolute atomic E-state index is 0.00546. The molecule has 0 saturated carbocycles. The van der Waals surface area contributed by atoms with Gasteiger partial charge < -0.3 is 34.1 Å². The number of hydrogen-bond donors (Lipinski definition) is 2. The molecule has 0 unspecified atom stereocenters. The van der Waals surface area contributed by atoms with E-state index in [1.54, 1.807) is 0 Å². The summed E-state index contributed by atoms with van der Waals surface area (Å²) in [6, 6.07) is -0.383. The summed E-state index contributed by atoms with van der Waals surface area (Å²) >= 11 is 0. The van der Waals surface area contributed by atoms with Gasteiger partial charge in [-0.3, -0.25) is 4.79 Å². The van der Waals surface area contributed by atoms with Gasteiger partial charge in [0.1, 0.15) is 18.9 Å². The highest BCUT2D eigenvalue weighted by Gasteiger charge is 2.58. The van der Waals surface area contributed by atoms with Crippen LogP contribution in [0.4, 0.5) is 9.59 Å². The molecular weight excluding hydrogens is 522 g/mol. The molecule has 218 valence electrons. The first kappa shape index (κ1) is 32.1. The number of carbonyl (C=O) groups excluding carboxylic acids is 3. The maximum atomic E-state index is 13.3. The van der Waals surface area contributed by atoms with Gasteiger partial charge in [0.25, 0.3) is 0 Å². The molecule has 3 amide bonds. The Kier molecular flexibility index (Phi) is 10.5. The molecule has 11 nitrogen and oxygen atoms in total. The molecule has 0 aliphatic carbocycles. The Morgan fingerprint density at radius 1 is 1.21 bits per heavy atom. The highest BCUT2D eigenvalue weighted by Crippen LogP contribution is 2.48. The van der Waals surface area contributed by atoms with E-state index in [0.717, 1.165) is 0 Å². The van der Waals surface area contributed by atoms with Crippen molar-refractivity contribution in [3.63, 3.8) is 0 Å². The molecule has 1 fully saturated rings. The number of carboxylic acid groups (broad SMARTS) is 1. The van der Waals surface area contributed by atoms with Gasteiger partial charge in [-0.15, -0.1) is 0 Å². The Morgan fingerprint density at radius 2 is 1.79 bits per heavy atom. The summed E-state index contributed by atoms with van der Waals surface area (Å²) < 4.78 is 16.6. The average Bonchev–Trinajstić information content (AvgIpc) is 3.17. The van der Waals surface area contributed by atoms with Crippen LogP contribution in [-0.2, 0) is 23.5 Å². The highest BCUT2D eigenvalue weighted by molar-refractivity contribution is 6.74. The summed E-state index contributed by atoms with van der Waals surface area (Å²) in [7, 11) is -0.664. The molecule has 0 aromatic heterocycles. The average molecular weight is 566 g/mol. The Balaban J connectivity index is 2.33. The number of carboxylic acids is 1. The standard InChI is InChI=1S/C27H43N3O8Si/c1-10-12-36-25(34)28-15-18(16-29(7)26(35)37-13-11-2)19-14-20-21(23(31)30(20)22(19)24(32)33)17(3)38-39(8,9)27(4,5)6/h10-11,17-18,20-21H,1-2,12-16H2,3-9H3,(H,28,34)(H,32,33)/t17-,18+,20-,21-/m1/s1. The molecule has 0 spiro atoms. The van der Waals surface area contributed by atoms with E-state index in [1.807, 2.05) is 6.92 Å². The number of nitrogens with one attached hydrogen (secondary N) is 1. The van der Waals surface area contributed by atoms with Crippen molar-refractivity contribution in [3.8, 4) is 0 Å². The number of ether oxygens (including phenoxy) is 2. The Bertz CT molecular complexity index is 1020. The van der Waals surface area contributed by atoms with Gasteiger partial charge in [-0.2, -0.15) is 0 Å². The van der Waals surface area contributed by atoms with Gasteiger partial charge in [0.15, 0.2) is 8.32 Å². The number of hydrogen-bond acceptors (Lipinski definition) is 7. The molecule has 2 aliphatic rings. The molecule has 0 aromatic rings. The van der Waals surface area contributed by atoms with Gasteiger partial charge in [-0.05, 0) is 37.0 Å². The van der Waals surface area contributed by atoms with Crippen LogP contribution >= 0.6 is 0 Å². The van der Waals surface area contributed by atoms with Crippen LogP contribution in [0.25, 0.3) is 0 Å². The molecule has 39 heavy (non-hydrogen) atoms. The first-order chi connectivity index (χ1) is 18.1. The summed E-state index contributed by atoms with van der Waals surface area (Å²) in [4.78, 5) is 52.9. The molecule has 2 aliphatic heterocycles. The summed E-state index contributed by atoms with van der Waals surface area (Å²) in [6.45, 7) is 19.5. The highest BCUT2D eigenvalue weighted by atomic mass is 28.4. The Morgan fingerprint density at radius 3 is 2.33 bits per heavy atom. The zero-order chi connectivity index (χ0) is 29.7. The molecule has 0 aromatic carbocycles. The molecule has 0 bridgehead atoms. The minimum atomic E-state index is -2.18. The molecule has 2 rings (SSSR count). The zero-order valence-corrected chi connectivity index (χ0v) is 25.1. The fraction of sp³-hybridized carbons (Fsp3) is 0.630. The fourth-order valence-electron chi connectivity index (χ4n) is 4.70. The number of β-lactam (4-membered cyclic amide) rings is 1. The second-order valence-electron chi connectivity index (χ2n) is 11.5. The number of amides is 3. The Labute approximate surface area is 232 Å². The summed E-state index contributed by atoms with van der Waals surface area (Å²) in [5.74, 6) is -2.65. The van der Waals surface area contributed by atoms with Crippen LogP contribution < -0.4 is 5.32 Å². The van der Waals surface area contributed by atoms with Crippen LogP contribution in [-0.4, -0.2) is 92.8 Å². The van der Waals surface area contributed by atoms with E-state index in [4.69, 9.17) is 13.9 Å². The van der Waals surface area contributed by atoms with Gasteiger partial charge in [-0.1, -0.05) is 46.1 Å². The molecule has 1 saturated heterocycles. The van der Waals surface area contributed by atoms with Gasteiger partial charge in [0, 0.05) is 26.1 Å². The lowest BCUT2D eigenvalue weighted by atomic mass is 9.82. The van der Waals surface area contributed by atoms with Gasteiger partial charge in [-0.25, -0.2) is 14.4 Å². The van der Waals surface area contributed by atoms with Crippen molar-refractivity contribution in [3.05, 3.63) is 36.6 Å². The van der Waals surface area contributed by atoms with Crippen molar-refractivity contribution in [2.24, 2.45) is 11.8 Å². The van der Waals surface area contributed by atoms with Crippen molar-refractivity contribution in [2.75, 3.05) is 33.4 Å². The number of aliphatic carboxylic acids is 1. The topological polar surface area (TPSA) is 135 Å². The third-order valence-electron chi connectivity index (χ3n) is 7.69. The largest absolute Gasteiger partial charge is 0.477 e. The molecular formula is C27H43N3O8Si. The van der Waals surface area contributed by atoms with E-state index < -0.39 is 44.4 Å². The number of fused-ring (bicyclic) bond motifs is 1. The lowest BCUT2D eigenvalue weighted by molar-refractivity contribution is -0.160. The molecule has 12 heteroatoms. The Hall–Kier alpha value is -3.12. The molecule has 0 radical (unpaired) electrons. The predicted molar refractivity (Wildman–Crippen MR) is 148 cm³/mol. The van der Waals surface area contributed by atoms with Crippen LogP contribution in [0.2, 0.25) is 18.1 Å². The first-order valence-electron chi connectivity index (χ1n) is 13.0. The number of carbonyl (C=O) groups is 4. The number of rotatable bonds is 13. The van der Waals surface area contributed by atoms with Crippen molar-refractivity contribution < 1.29 is 38.2 Å². The van der Waals surface area contributed by atoms with Crippen molar-refractivity contribution >= 4 is 32.4 Å². The van der Waals surface area contributed by atoms with Gasteiger partial charge in [0.2, 0.25) is 5.91 Å². The molecule has 2 N–H and O–H groups in total. The van der Waals surface area contributed by atoms with Crippen molar-refractivity contribution in [2.45, 2.75) is 64.4 Å². The summed E-state index contributed by atoms with van der Waals surface area (Å²) in [6.07, 6.45) is 1.42. The maximum absolute atomic E-state index is 13.3. The number of nitrogens with zero attached hydrogens (tertiary/aromatic N) is 2. The summed E-state index contributed by atoms with van der Waals surface area (Å²) in [5, 5.41) is 12.7. The minimum Gasteiger partial charge on any atom is -0.477 e. The second kappa shape index (κ2) is 12.8. The molecule has 4 atom stereocenters. The van der Waals surface area contributed by atoms with Crippen LogP contribution in [0.1, 0.15) is 34.1 Å². The quantitative estimate of drug-likeness (QED) is 0.196. The van der Waals surface area contributed by atoms with Crippen molar-refractivity contribution in [1.29, 1.82) is 0 Å².